The number of hydrogen-bond acceptors (Lipinski definition) is 1. The van der Waals surface area contributed by atoms with E-state index in [1.54, 1.807) is 6.07 Å². The molecule has 0 aliphatic heterocycles. The van der Waals surface area contributed by atoms with Gasteiger partial charge in [-0.3, -0.25) is 0 Å². The summed E-state index contributed by atoms with van der Waals surface area (Å²) in [5, 5.41) is 13.3. The van der Waals surface area contributed by atoms with Gasteiger partial charge in [-0.2, -0.15) is 0 Å². The lowest BCUT2D eigenvalue weighted by Crippen LogP contribution is -1.98. The molecule has 4 heteroatoms. The van der Waals surface area contributed by atoms with Gasteiger partial charge in [-0.05, 0) is 97.1 Å². The Bertz CT molecular complexity index is 825. The first-order valence-electron chi connectivity index (χ1n) is 5.61. The summed E-state index contributed by atoms with van der Waals surface area (Å²) >= 11 is 4.46. The van der Waals surface area contributed by atoms with Crippen molar-refractivity contribution >= 4 is 72.7 Å². The highest BCUT2D eigenvalue weighted by Gasteiger charge is 2.11. The average Bonchev–Trinajstić information content (AvgIpc) is 2.36. The van der Waals surface area contributed by atoms with Gasteiger partial charge in [0.15, 0.2) is 0 Å². The summed E-state index contributed by atoms with van der Waals surface area (Å²) in [6.45, 7) is 0. The lowest BCUT2D eigenvalue weighted by atomic mass is 10.00. The molecule has 94 valence electrons. The van der Waals surface area contributed by atoms with E-state index >= 15 is 0 Å². The van der Waals surface area contributed by atoms with Gasteiger partial charge >= 0.3 is 5.97 Å². The number of halogens is 2. The van der Waals surface area contributed by atoms with Crippen molar-refractivity contribution in [3.05, 3.63) is 55.2 Å². The second-order valence-corrected chi connectivity index (χ2v) is 6.70. The van der Waals surface area contributed by atoms with E-state index in [1.165, 1.54) is 3.57 Å². The van der Waals surface area contributed by atoms with Crippen molar-refractivity contribution in [2.75, 3.05) is 0 Å². The molecule has 0 heterocycles. The molecule has 0 saturated carbocycles. The first kappa shape index (κ1) is 13.1. The van der Waals surface area contributed by atoms with E-state index in [1.807, 2.05) is 24.3 Å². The molecule has 0 amide bonds. The third-order valence-electron chi connectivity index (χ3n) is 3.09. The molecule has 19 heavy (non-hydrogen) atoms. The van der Waals surface area contributed by atoms with Gasteiger partial charge in [0.25, 0.3) is 0 Å². The summed E-state index contributed by atoms with van der Waals surface area (Å²) < 4.78 is 2.11. The zero-order chi connectivity index (χ0) is 13.6. The Labute approximate surface area is 137 Å². The molecule has 3 rings (SSSR count). The fourth-order valence-electron chi connectivity index (χ4n) is 2.24. The Morgan fingerprint density at radius 3 is 2.42 bits per heavy atom. The van der Waals surface area contributed by atoms with Crippen molar-refractivity contribution < 1.29 is 9.90 Å². The summed E-state index contributed by atoms with van der Waals surface area (Å²) in [6.07, 6.45) is 0. The molecule has 0 aliphatic carbocycles. The van der Waals surface area contributed by atoms with E-state index in [0.717, 1.165) is 25.1 Å². The number of aromatic carboxylic acids is 1. The molecule has 0 radical (unpaired) electrons. The smallest absolute Gasteiger partial charge is 0.336 e. The monoisotopic (exact) mass is 474 g/mol. The van der Waals surface area contributed by atoms with Crippen LogP contribution in [0.1, 0.15) is 10.4 Å². The molecule has 0 atom stereocenters. The molecule has 0 fully saturated rings. The quantitative estimate of drug-likeness (QED) is 0.403. The molecule has 0 aromatic heterocycles. The van der Waals surface area contributed by atoms with Crippen LogP contribution in [0.2, 0.25) is 0 Å². The second kappa shape index (κ2) is 4.90. The van der Waals surface area contributed by atoms with E-state index in [9.17, 15) is 9.90 Å². The summed E-state index contributed by atoms with van der Waals surface area (Å²) in [5.74, 6) is -0.881. The van der Waals surface area contributed by atoms with Crippen LogP contribution in [0.4, 0.5) is 0 Å². The normalized spacial score (nSPS) is 11.1. The van der Waals surface area contributed by atoms with Gasteiger partial charge < -0.3 is 5.11 Å². The van der Waals surface area contributed by atoms with Gasteiger partial charge in [0.1, 0.15) is 0 Å². The lowest BCUT2D eigenvalue weighted by molar-refractivity contribution is 0.0699. The molecule has 0 unspecified atom stereocenters. The standard InChI is InChI=1S/C15H8I2O2/c16-10-4-9-6-12-8(2-1-3-14(12)17)5-11(9)13(7-10)15(18)19/h1-7H,(H,18,19). The second-order valence-electron chi connectivity index (χ2n) is 4.29. The molecule has 3 aromatic rings. The SMILES string of the molecule is O=C(O)c1cc(I)cc2cc3c(I)cccc3cc12. The van der Waals surface area contributed by atoms with Crippen LogP contribution < -0.4 is 0 Å². The third-order valence-corrected chi connectivity index (χ3v) is 4.66. The Kier molecular flexibility index (Phi) is 3.38. The van der Waals surface area contributed by atoms with Crippen molar-refractivity contribution in [1.29, 1.82) is 0 Å². The molecule has 2 nitrogen and oxygen atoms in total. The number of carbonyl (C=O) groups is 1. The Morgan fingerprint density at radius 2 is 1.68 bits per heavy atom. The summed E-state index contributed by atoms with van der Waals surface area (Å²) in [4.78, 5) is 11.4. The van der Waals surface area contributed by atoms with E-state index < -0.39 is 5.97 Å². The van der Waals surface area contributed by atoms with E-state index in [-0.39, 0.29) is 0 Å². The molecular formula is C15H8I2O2. The van der Waals surface area contributed by atoms with Gasteiger partial charge in [-0.1, -0.05) is 12.1 Å². The van der Waals surface area contributed by atoms with Crippen LogP contribution in [0.15, 0.2) is 42.5 Å². The zero-order valence-corrected chi connectivity index (χ0v) is 14.0. The fourth-order valence-corrected chi connectivity index (χ4v) is 3.56. The minimum absolute atomic E-state index is 0.364. The van der Waals surface area contributed by atoms with Gasteiger partial charge in [0.05, 0.1) is 5.56 Å². The van der Waals surface area contributed by atoms with Crippen molar-refractivity contribution in [1.82, 2.24) is 0 Å². The van der Waals surface area contributed by atoms with E-state index in [0.29, 0.717) is 5.56 Å². The highest BCUT2D eigenvalue weighted by Crippen LogP contribution is 2.29. The first-order chi connectivity index (χ1) is 9.06. The molecular weight excluding hydrogens is 466 g/mol. The maximum Gasteiger partial charge on any atom is 0.336 e. The van der Waals surface area contributed by atoms with Crippen molar-refractivity contribution in [3.8, 4) is 0 Å². The number of rotatable bonds is 1. The van der Waals surface area contributed by atoms with Crippen molar-refractivity contribution in [2.45, 2.75) is 0 Å². The van der Waals surface area contributed by atoms with Gasteiger partial charge in [-0.25, -0.2) is 4.79 Å². The summed E-state index contributed by atoms with van der Waals surface area (Å²) in [5.41, 5.74) is 0.364. The minimum Gasteiger partial charge on any atom is -0.478 e. The predicted octanol–water partition coefficient (Wildman–Crippen LogP) is 4.90. The number of carboxylic acid groups (broad SMARTS) is 1. The van der Waals surface area contributed by atoms with Crippen LogP contribution in [0.25, 0.3) is 21.5 Å². The molecule has 0 aliphatic rings. The molecule has 0 saturated heterocycles. The van der Waals surface area contributed by atoms with Crippen LogP contribution in [0.3, 0.4) is 0 Å². The van der Waals surface area contributed by atoms with Crippen molar-refractivity contribution in [3.63, 3.8) is 0 Å². The highest BCUT2D eigenvalue weighted by molar-refractivity contribution is 14.1. The first-order valence-corrected chi connectivity index (χ1v) is 7.77. The lowest BCUT2D eigenvalue weighted by Gasteiger charge is -2.07. The van der Waals surface area contributed by atoms with Gasteiger partial charge in [0, 0.05) is 7.14 Å². The summed E-state index contributed by atoms with van der Waals surface area (Å²) in [7, 11) is 0. The van der Waals surface area contributed by atoms with Crippen molar-refractivity contribution in [2.24, 2.45) is 0 Å². The van der Waals surface area contributed by atoms with Crippen LogP contribution >= 0.6 is 45.2 Å². The largest absolute Gasteiger partial charge is 0.478 e. The van der Waals surface area contributed by atoms with Crippen LogP contribution in [0.5, 0.6) is 0 Å². The zero-order valence-electron chi connectivity index (χ0n) is 9.65. The Morgan fingerprint density at radius 1 is 0.947 bits per heavy atom. The number of hydrogen-bond donors (Lipinski definition) is 1. The van der Waals surface area contributed by atoms with Crippen LogP contribution in [-0.2, 0) is 0 Å². The predicted molar refractivity (Wildman–Crippen MR) is 93.8 cm³/mol. The van der Waals surface area contributed by atoms with Gasteiger partial charge in [0.2, 0.25) is 0 Å². The van der Waals surface area contributed by atoms with E-state index in [4.69, 9.17) is 0 Å². The van der Waals surface area contributed by atoms with Crippen LogP contribution in [-0.4, -0.2) is 11.1 Å². The van der Waals surface area contributed by atoms with Gasteiger partial charge in [-0.15, -0.1) is 0 Å². The molecule has 0 bridgehead atoms. The molecule has 0 spiro atoms. The van der Waals surface area contributed by atoms with E-state index in [2.05, 4.69) is 57.3 Å². The maximum absolute atomic E-state index is 11.4. The maximum atomic E-state index is 11.4. The average molecular weight is 474 g/mol. The fraction of sp³-hybridized carbons (Fsp3) is 0. The van der Waals surface area contributed by atoms with Crippen LogP contribution in [0, 0.1) is 7.14 Å². The molecule has 1 N–H and O–H groups in total. The summed E-state index contributed by atoms with van der Waals surface area (Å²) in [6, 6.07) is 13.8. The Balaban J connectivity index is 2.51. The molecule has 3 aromatic carbocycles. The topological polar surface area (TPSA) is 37.3 Å². The Hall–Kier alpha value is -0.890. The number of carboxylic acids is 1. The number of fused-ring (bicyclic) bond motifs is 2. The number of benzene rings is 3. The third kappa shape index (κ3) is 2.31. The highest BCUT2D eigenvalue weighted by atomic mass is 127. The minimum atomic E-state index is -0.881.